The van der Waals surface area contributed by atoms with Crippen LogP contribution in [0, 0.1) is 6.92 Å². The van der Waals surface area contributed by atoms with E-state index in [1.807, 2.05) is 37.3 Å². The second-order valence-corrected chi connectivity index (χ2v) is 6.83. The molecule has 0 spiro atoms. The number of likely N-dealkylation sites (tertiary alicyclic amines) is 1. The molecule has 126 valence electrons. The highest BCUT2D eigenvalue weighted by Gasteiger charge is 2.19. The molecule has 0 radical (unpaired) electrons. The molecular weight excluding hydrogens is 324 g/mol. The number of hydrogen-bond acceptors (Lipinski definition) is 5. The predicted octanol–water partition coefficient (Wildman–Crippen LogP) is 2.80. The van der Waals surface area contributed by atoms with Crippen molar-refractivity contribution >= 4 is 34.5 Å². The Hall–Kier alpha value is -2.08. The van der Waals surface area contributed by atoms with Crippen molar-refractivity contribution in [1.29, 1.82) is 0 Å². The van der Waals surface area contributed by atoms with Gasteiger partial charge in [0.05, 0.1) is 16.3 Å². The van der Waals surface area contributed by atoms with Gasteiger partial charge >= 0.3 is 5.97 Å². The summed E-state index contributed by atoms with van der Waals surface area (Å²) in [5, 5.41) is 1.90. The Morgan fingerprint density at radius 2 is 2.00 bits per heavy atom. The fraction of sp³-hybridized carbons (Fsp3) is 0.389. The summed E-state index contributed by atoms with van der Waals surface area (Å²) in [5.74, 6) is -0.344. The van der Waals surface area contributed by atoms with Crippen LogP contribution in [0.3, 0.4) is 0 Å². The molecule has 24 heavy (non-hydrogen) atoms. The predicted molar refractivity (Wildman–Crippen MR) is 94.0 cm³/mol. The third-order valence-corrected chi connectivity index (χ3v) is 4.94. The molecule has 5 nitrogen and oxygen atoms in total. The van der Waals surface area contributed by atoms with Crippen molar-refractivity contribution in [2.75, 3.05) is 25.4 Å². The summed E-state index contributed by atoms with van der Waals surface area (Å²) < 4.78 is 5.08. The van der Waals surface area contributed by atoms with Crippen molar-refractivity contribution in [3.05, 3.63) is 35.9 Å². The van der Waals surface area contributed by atoms with Gasteiger partial charge in [0, 0.05) is 18.5 Å². The van der Waals surface area contributed by atoms with Crippen LogP contribution in [0.1, 0.15) is 18.4 Å². The van der Waals surface area contributed by atoms with E-state index < -0.39 is 0 Å². The van der Waals surface area contributed by atoms with Crippen LogP contribution >= 0.6 is 11.8 Å². The molecular formula is C18H20N2O3S. The van der Waals surface area contributed by atoms with E-state index in [1.165, 1.54) is 11.8 Å². The number of pyridine rings is 1. The van der Waals surface area contributed by atoms with Crippen LogP contribution in [-0.4, -0.2) is 47.2 Å². The Kier molecular flexibility index (Phi) is 5.35. The Bertz CT molecular complexity index is 757. The van der Waals surface area contributed by atoms with Gasteiger partial charge < -0.3 is 9.64 Å². The number of amides is 1. The van der Waals surface area contributed by atoms with Gasteiger partial charge in [-0.3, -0.25) is 9.59 Å². The lowest BCUT2D eigenvalue weighted by Crippen LogP contribution is -2.32. The van der Waals surface area contributed by atoms with E-state index in [1.54, 1.807) is 4.90 Å². The fourth-order valence-electron chi connectivity index (χ4n) is 2.77. The number of aromatic nitrogens is 1. The molecule has 0 atom stereocenters. The summed E-state index contributed by atoms with van der Waals surface area (Å²) in [6.45, 7) is 3.40. The van der Waals surface area contributed by atoms with E-state index in [4.69, 9.17) is 4.74 Å². The first-order valence-electron chi connectivity index (χ1n) is 8.06. The molecule has 1 saturated heterocycles. The van der Waals surface area contributed by atoms with Crippen molar-refractivity contribution < 1.29 is 14.3 Å². The van der Waals surface area contributed by atoms with Crippen molar-refractivity contribution in [3.8, 4) is 0 Å². The van der Waals surface area contributed by atoms with E-state index in [-0.39, 0.29) is 24.2 Å². The zero-order chi connectivity index (χ0) is 16.9. The van der Waals surface area contributed by atoms with E-state index in [2.05, 4.69) is 4.98 Å². The van der Waals surface area contributed by atoms with E-state index >= 15 is 0 Å². The van der Waals surface area contributed by atoms with Crippen LogP contribution in [0.25, 0.3) is 10.9 Å². The molecule has 0 bridgehead atoms. The molecule has 3 rings (SSSR count). The highest BCUT2D eigenvalue weighted by molar-refractivity contribution is 7.99. The topological polar surface area (TPSA) is 59.5 Å². The zero-order valence-corrected chi connectivity index (χ0v) is 14.5. The largest absolute Gasteiger partial charge is 0.455 e. The maximum atomic E-state index is 11.8. The van der Waals surface area contributed by atoms with Crippen LogP contribution in [0.5, 0.6) is 0 Å². The van der Waals surface area contributed by atoms with Crippen LogP contribution < -0.4 is 0 Å². The van der Waals surface area contributed by atoms with Crippen molar-refractivity contribution in [2.45, 2.75) is 24.8 Å². The number of carbonyl (C=O) groups excluding carboxylic acids is 2. The van der Waals surface area contributed by atoms with Crippen molar-refractivity contribution in [1.82, 2.24) is 9.88 Å². The molecule has 1 aliphatic rings. The molecule has 1 amide bonds. The first-order valence-corrected chi connectivity index (χ1v) is 9.04. The first-order chi connectivity index (χ1) is 11.6. The van der Waals surface area contributed by atoms with Gasteiger partial charge in [0.25, 0.3) is 5.91 Å². The Labute approximate surface area is 145 Å². The van der Waals surface area contributed by atoms with Crippen LogP contribution in [0.2, 0.25) is 0 Å². The Balaban J connectivity index is 1.51. The number of esters is 1. The SMILES string of the molecule is Cc1cc(SCC(=O)OCC(=O)N2CCCC2)nc2ccccc12. The standard InChI is InChI=1S/C18H20N2O3S/c1-13-10-16(19-15-7-3-2-6-14(13)15)24-12-18(22)23-11-17(21)20-8-4-5-9-20/h2-3,6-7,10H,4-5,8-9,11-12H2,1H3. The number of para-hydroxylation sites is 1. The van der Waals surface area contributed by atoms with Crippen LogP contribution in [-0.2, 0) is 14.3 Å². The number of rotatable bonds is 5. The van der Waals surface area contributed by atoms with Crippen molar-refractivity contribution in [2.24, 2.45) is 0 Å². The summed E-state index contributed by atoms with van der Waals surface area (Å²) in [6.07, 6.45) is 2.06. The summed E-state index contributed by atoms with van der Waals surface area (Å²) >= 11 is 1.33. The number of aryl methyl sites for hydroxylation is 1. The molecule has 0 saturated carbocycles. The van der Waals surface area contributed by atoms with Gasteiger partial charge in [-0.15, -0.1) is 0 Å². The molecule has 0 unspecified atom stereocenters. The molecule has 1 aromatic heterocycles. The summed E-state index contributed by atoms with van der Waals surface area (Å²) in [7, 11) is 0. The molecule has 1 aliphatic heterocycles. The first kappa shape index (κ1) is 16.8. The lowest BCUT2D eigenvalue weighted by atomic mass is 10.1. The highest BCUT2D eigenvalue weighted by atomic mass is 32.2. The van der Waals surface area contributed by atoms with Gasteiger partial charge in [0.2, 0.25) is 0 Å². The second-order valence-electron chi connectivity index (χ2n) is 5.83. The number of carbonyl (C=O) groups is 2. The van der Waals surface area contributed by atoms with Gasteiger partial charge in [-0.1, -0.05) is 30.0 Å². The number of fused-ring (bicyclic) bond motifs is 1. The van der Waals surface area contributed by atoms with E-state index in [0.717, 1.165) is 47.4 Å². The van der Waals surface area contributed by atoms with E-state index in [0.29, 0.717) is 0 Å². The minimum atomic E-state index is -0.389. The number of hydrogen-bond donors (Lipinski definition) is 0. The minimum Gasteiger partial charge on any atom is -0.455 e. The second kappa shape index (κ2) is 7.66. The maximum absolute atomic E-state index is 11.8. The third-order valence-electron chi connectivity index (χ3n) is 4.05. The lowest BCUT2D eigenvalue weighted by molar-refractivity contribution is -0.149. The van der Waals surface area contributed by atoms with Gasteiger partial charge in [-0.05, 0) is 37.5 Å². The van der Waals surface area contributed by atoms with Gasteiger partial charge in [-0.2, -0.15) is 0 Å². The number of ether oxygens (including phenoxy) is 1. The average Bonchev–Trinajstić information content (AvgIpc) is 3.12. The summed E-state index contributed by atoms with van der Waals surface area (Å²) in [4.78, 5) is 30.0. The Morgan fingerprint density at radius 3 is 2.79 bits per heavy atom. The fourth-order valence-corrected chi connectivity index (χ4v) is 3.54. The molecule has 6 heteroatoms. The molecule has 1 aromatic carbocycles. The molecule has 2 aromatic rings. The molecule has 1 fully saturated rings. The molecule has 0 N–H and O–H groups in total. The van der Waals surface area contributed by atoms with Crippen LogP contribution in [0.15, 0.2) is 35.4 Å². The zero-order valence-electron chi connectivity index (χ0n) is 13.7. The van der Waals surface area contributed by atoms with E-state index in [9.17, 15) is 9.59 Å². The van der Waals surface area contributed by atoms with Crippen molar-refractivity contribution in [3.63, 3.8) is 0 Å². The smallest absolute Gasteiger partial charge is 0.316 e. The lowest BCUT2D eigenvalue weighted by Gasteiger charge is -2.14. The van der Waals surface area contributed by atoms with Gasteiger partial charge in [0.1, 0.15) is 0 Å². The molecule has 0 aliphatic carbocycles. The Morgan fingerprint density at radius 1 is 1.25 bits per heavy atom. The monoisotopic (exact) mass is 344 g/mol. The molecule has 2 heterocycles. The third kappa shape index (κ3) is 4.06. The minimum absolute atomic E-state index is 0.106. The quantitative estimate of drug-likeness (QED) is 0.617. The van der Waals surface area contributed by atoms with Gasteiger partial charge in [0.15, 0.2) is 6.61 Å². The number of benzene rings is 1. The van der Waals surface area contributed by atoms with Crippen LogP contribution in [0.4, 0.5) is 0 Å². The normalized spacial score (nSPS) is 14.1. The maximum Gasteiger partial charge on any atom is 0.316 e. The average molecular weight is 344 g/mol. The number of thioether (sulfide) groups is 1. The summed E-state index contributed by atoms with van der Waals surface area (Å²) in [5.41, 5.74) is 2.04. The summed E-state index contributed by atoms with van der Waals surface area (Å²) in [6, 6.07) is 9.89. The number of nitrogens with zero attached hydrogens (tertiary/aromatic N) is 2. The highest BCUT2D eigenvalue weighted by Crippen LogP contribution is 2.23. The van der Waals surface area contributed by atoms with Gasteiger partial charge in [-0.25, -0.2) is 4.98 Å².